The standard InChI is InChI=1S/C20H32N2O3/c1-3-5-7-13-21-14-16-22(17-15-21)25-20(23)24-19-11-9-18(10-12-19)8-6-4-2/h9-12H,3-8,13-17H2,1-2H3. The van der Waals surface area contributed by atoms with Crippen LogP contribution < -0.4 is 4.74 Å². The van der Waals surface area contributed by atoms with Gasteiger partial charge in [-0.15, -0.1) is 5.06 Å². The maximum atomic E-state index is 11.9. The molecule has 1 aromatic carbocycles. The maximum absolute atomic E-state index is 11.9. The van der Waals surface area contributed by atoms with Crippen LogP contribution in [0.3, 0.4) is 0 Å². The molecule has 0 aromatic heterocycles. The van der Waals surface area contributed by atoms with E-state index in [1.165, 1.54) is 37.7 Å². The Morgan fingerprint density at radius 3 is 2.28 bits per heavy atom. The Hall–Kier alpha value is -1.59. The maximum Gasteiger partial charge on any atom is 0.533 e. The molecule has 1 saturated heterocycles. The number of carbonyl (C=O) groups excluding carboxylic acids is 1. The van der Waals surface area contributed by atoms with Gasteiger partial charge in [0.25, 0.3) is 0 Å². The second-order valence-electron chi connectivity index (χ2n) is 6.67. The molecule has 1 aliphatic heterocycles. The lowest BCUT2D eigenvalue weighted by Gasteiger charge is -2.32. The van der Waals surface area contributed by atoms with Crippen molar-refractivity contribution in [2.75, 3.05) is 32.7 Å². The summed E-state index contributed by atoms with van der Waals surface area (Å²) >= 11 is 0. The molecule has 0 amide bonds. The van der Waals surface area contributed by atoms with E-state index in [2.05, 4.69) is 18.7 Å². The first kappa shape index (κ1) is 19.7. The average molecular weight is 348 g/mol. The van der Waals surface area contributed by atoms with Gasteiger partial charge in [0.05, 0.1) is 0 Å². The third-order valence-corrected chi connectivity index (χ3v) is 4.56. The summed E-state index contributed by atoms with van der Waals surface area (Å²) in [5, 5.41) is 1.70. The summed E-state index contributed by atoms with van der Waals surface area (Å²) in [6, 6.07) is 7.68. The van der Waals surface area contributed by atoms with E-state index in [9.17, 15) is 4.79 Å². The van der Waals surface area contributed by atoms with Gasteiger partial charge in [0.15, 0.2) is 0 Å². The molecule has 0 spiro atoms. The molecule has 0 bridgehead atoms. The van der Waals surface area contributed by atoms with Crippen molar-refractivity contribution >= 4 is 6.16 Å². The summed E-state index contributed by atoms with van der Waals surface area (Å²) < 4.78 is 5.27. The number of unbranched alkanes of at least 4 members (excludes halogenated alkanes) is 3. The van der Waals surface area contributed by atoms with Crippen LogP contribution in [0.1, 0.15) is 51.5 Å². The largest absolute Gasteiger partial charge is 0.533 e. The van der Waals surface area contributed by atoms with Crippen molar-refractivity contribution in [3.8, 4) is 5.75 Å². The highest BCUT2D eigenvalue weighted by Crippen LogP contribution is 2.15. The van der Waals surface area contributed by atoms with Crippen molar-refractivity contribution in [1.29, 1.82) is 0 Å². The molecule has 0 saturated carbocycles. The van der Waals surface area contributed by atoms with Crippen molar-refractivity contribution in [2.45, 2.75) is 52.4 Å². The minimum absolute atomic E-state index is 0.531. The number of nitrogens with zero attached hydrogens (tertiary/aromatic N) is 2. The highest BCUT2D eigenvalue weighted by atomic mass is 16.8. The predicted molar refractivity (Wildman–Crippen MR) is 99.7 cm³/mol. The van der Waals surface area contributed by atoms with Crippen LogP contribution in [-0.4, -0.2) is 48.8 Å². The number of rotatable bonds is 9. The molecule has 25 heavy (non-hydrogen) atoms. The van der Waals surface area contributed by atoms with E-state index in [1.807, 2.05) is 24.3 Å². The van der Waals surface area contributed by atoms with E-state index in [-0.39, 0.29) is 0 Å². The number of aryl methyl sites for hydroxylation is 1. The van der Waals surface area contributed by atoms with Crippen LogP contribution in [-0.2, 0) is 11.3 Å². The molecule has 1 heterocycles. The van der Waals surface area contributed by atoms with Gasteiger partial charge in [0.2, 0.25) is 0 Å². The lowest BCUT2D eigenvalue weighted by Crippen LogP contribution is -2.47. The molecule has 5 nitrogen and oxygen atoms in total. The van der Waals surface area contributed by atoms with Crippen molar-refractivity contribution in [3.05, 3.63) is 29.8 Å². The number of hydrogen-bond donors (Lipinski definition) is 0. The van der Waals surface area contributed by atoms with Crippen molar-refractivity contribution in [1.82, 2.24) is 9.96 Å². The lowest BCUT2D eigenvalue weighted by molar-refractivity contribution is -0.136. The van der Waals surface area contributed by atoms with Gasteiger partial charge in [0.1, 0.15) is 5.75 Å². The van der Waals surface area contributed by atoms with E-state index in [0.29, 0.717) is 5.75 Å². The third kappa shape index (κ3) is 7.45. The Morgan fingerprint density at radius 2 is 1.64 bits per heavy atom. The van der Waals surface area contributed by atoms with Crippen LogP contribution in [0.15, 0.2) is 24.3 Å². The zero-order valence-corrected chi connectivity index (χ0v) is 15.7. The molecule has 0 aliphatic carbocycles. The molecular formula is C20H32N2O3. The van der Waals surface area contributed by atoms with Gasteiger partial charge in [-0.1, -0.05) is 45.2 Å². The van der Waals surface area contributed by atoms with Gasteiger partial charge < -0.3 is 14.5 Å². The Bertz CT molecular complexity index is 496. The average Bonchev–Trinajstić information content (AvgIpc) is 2.63. The predicted octanol–water partition coefficient (Wildman–Crippen LogP) is 4.27. The van der Waals surface area contributed by atoms with Crippen LogP contribution >= 0.6 is 0 Å². The lowest BCUT2D eigenvalue weighted by atomic mass is 10.1. The van der Waals surface area contributed by atoms with Crippen LogP contribution in [0.4, 0.5) is 4.79 Å². The van der Waals surface area contributed by atoms with Gasteiger partial charge in [0, 0.05) is 26.2 Å². The number of hydrogen-bond acceptors (Lipinski definition) is 5. The second kappa shape index (κ2) is 11.1. The third-order valence-electron chi connectivity index (χ3n) is 4.56. The first-order chi connectivity index (χ1) is 12.2. The summed E-state index contributed by atoms with van der Waals surface area (Å²) in [4.78, 5) is 19.7. The molecule has 2 rings (SSSR count). The monoisotopic (exact) mass is 348 g/mol. The number of carbonyl (C=O) groups is 1. The van der Waals surface area contributed by atoms with Gasteiger partial charge in [-0.25, -0.2) is 4.79 Å². The van der Waals surface area contributed by atoms with E-state index < -0.39 is 6.16 Å². The molecule has 5 heteroatoms. The minimum Gasteiger partial charge on any atom is -0.394 e. The SMILES string of the molecule is CCCCCN1CCN(OC(=O)Oc2ccc(CCCC)cc2)CC1. The Kier molecular flexibility index (Phi) is 8.77. The normalized spacial score (nSPS) is 15.9. The van der Waals surface area contributed by atoms with E-state index in [4.69, 9.17) is 9.57 Å². The van der Waals surface area contributed by atoms with Gasteiger partial charge in [-0.3, -0.25) is 0 Å². The molecular weight excluding hydrogens is 316 g/mol. The molecule has 1 fully saturated rings. The van der Waals surface area contributed by atoms with Gasteiger partial charge >= 0.3 is 6.16 Å². The highest BCUT2D eigenvalue weighted by molar-refractivity contribution is 5.63. The van der Waals surface area contributed by atoms with E-state index in [1.54, 1.807) is 5.06 Å². The fraction of sp³-hybridized carbons (Fsp3) is 0.650. The van der Waals surface area contributed by atoms with Gasteiger partial charge in [-0.2, -0.15) is 0 Å². The van der Waals surface area contributed by atoms with Crippen LogP contribution in [0, 0.1) is 0 Å². The summed E-state index contributed by atoms with van der Waals surface area (Å²) in [7, 11) is 0. The summed E-state index contributed by atoms with van der Waals surface area (Å²) in [6.45, 7) is 8.87. The molecule has 1 aliphatic rings. The summed E-state index contributed by atoms with van der Waals surface area (Å²) in [6.07, 6.45) is 6.52. The highest BCUT2D eigenvalue weighted by Gasteiger charge is 2.20. The number of piperazine rings is 1. The van der Waals surface area contributed by atoms with Crippen molar-refractivity contribution < 1.29 is 14.4 Å². The Labute approximate surface area is 151 Å². The van der Waals surface area contributed by atoms with E-state index in [0.717, 1.165) is 39.1 Å². The number of ether oxygens (including phenoxy) is 1. The summed E-state index contributed by atoms with van der Waals surface area (Å²) in [5.74, 6) is 0.531. The smallest absolute Gasteiger partial charge is 0.394 e. The second-order valence-corrected chi connectivity index (χ2v) is 6.67. The molecule has 0 atom stereocenters. The van der Waals surface area contributed by atoms with E-state index >= 15 is 0 Å². The zero-order valence-electron chi connectivity index (χ0n) is 15.7. The molecule has 1 aromatic rings. The number of hydroxylamine groups is 2. The molecule has 0 N–H and O–H groups in total. The van der Waals surface area contributed by atoms with Crippen LogP contribution in [0.5, 0.6) is 5.75 Å². The zero-order chi connectivity index (χ0) is 17.9. The fourth-order valence-electron chi connectivity index (χ4n) is 2.96. The first-order valence-corrected chi connectivity index (χ1v) is 9.67. The molecule has 0 unspecified atom stereocenters. The molecule has 140 valence electrons. The Balaban J connectivity index is 1.67. The Morgan fingerprint density at radius 1 is 0.960 bits per heavy atom. The molecule has 0 radical (unpaired) electrons. The van der Waals surface area contributed by atoms with Crippen molar-refractivity contribution in [3.63, 3.8) is 0 Å². The van der Waals surface area contributed by atoms with Crippen molar-refractivity contribution in [2.24, 2.45) is 0 Å². The van der Waals surface area contributed by atoms with Crippen LogP contribution in [0.25, 0.3) is 0 Å². The summed E-state index contributed by atoms with van der Waals surface area (Å²) in [5.41, 5.74) is 1.27. The topological polar surface area (TPSA) is 42.0 Å². The first-order valence-electron chi connectivity index (χ1n) is 9.67. The van der Waals surface area contributed by atoms with Gasteiger partial charge in [-0.05, 0) is 43.5 Å². The fourth-order valence-corrected chi connectivity index (χ4v) is 2.96. The number of benzene rings is 1. The van der Waals surface area contributed by atoms with Crippen LogP contribution in [0.2, 0.25) is 0 Å². The minimum atomic E-state index is -0.652. The quantitative estimate of drug-likeness (QED) is 0.379.